The smallest absolute Gasteiger partial charge is 0.134 e. The van der Waals surface area contributed by atoms with Crippen LogP contribution in [0.3, 0.4) is 0 Å². The van der Waals surface area contributed by atoms with Gasteiger partial charge >= 0.3 is 0 Å². The molecule has 3 nitrogen and oxygen atoms in total. The molecule has 3 atom stereocenters. The van der Waals surface area contributed by atoms with Crippen LogP contribution < -0.4 is 0 Å². The Kier molecular flexibility index (Phi) is 12.0. The summed E-state index contributed by atoms with van der Waals surface area (Å²) < 4.78 is 0. The van der Waals surface area contributed by atoms with E-state index < -0.39 is 18.3 Å². The zero-order valence-corrected chi connectivity index (χ0v) is 12.3. The lowest BCUT2D eigenvalue weighted by Crippen LogP contribution is -2.25. The molecule has 0 aromatic rings. The number of hydrogen-bond acceptors (Lipinski definition) is 3. The summed E-state index contributed by atoms with van der Waals surface area (Å²) in [6, 6.07) is 0. The second kappa shape index (κ2) is 12.8. The van der Waals surface area contributed by atoms with E-state index in [2.05, 4.69) is 37.2 Å². The maximum Gasteiger partial charge on any atom is 0.134 e. The topological polar surface area (TPSA) is 60.7 Å². The molecular formula is C17H26O3. The third kappa shape index (κ3) is 10.6. The van der Waals surface area contributed by atoms with Crippen molar-refractivity contribution in [2.24, 2.45) is 0 Å². The maximum atomic E-state index is 9.75. The van der Waals surface area contributed by atoms with Gasteiger partial charge in [0.15, 0.2) is 0 Å². The van der Waals surface area contributed by atoms with Crippen LogP contribution in [0.25, 0.3) is 0 Å². The third-order valence-electron chi connectivity index (χ3n) is 2.95. The average Bonchev–Trinajstić information content (AvgIpc) is 2.45. The fourth-order valence-electron chi connectivity index (χ4n) is 1.65. The molecule has 0 heterocycles. The van der Waals surface area contributed by atoms with E-state index in [0.717, 1.165) is 12.8 Å². The van der Waals surface area contributed by atoms with Gasteiger partial charge in [-0.25, -0.2) is 0 Å². The van der Waals surface area contributed by atoms with Crippen molar-refractivity contribution in [1.29, 1.82) is 0 Å². The first-order valence-electron chi connectivity index (χ1n) is 7.27. The Morgan fingerprint density at radius 1 is 1.00 bits per heavy atom. The van der Waals surface area contributed by atoms with Crippen LogP contribution in [0.5, 0.6) is 0 Å². The van der Waals surface area contributed by atoms with Gasteiger partial charge in [0, 0.05) is 6.42 Å². The molecule has 0 aliphatic rings. The van der Waals surface area contributed by atoms with E-state index >= 15 is 0 Å². The van der Waals surface area contributed by atoms with Crippen LogP contribution >= 0.6 is 0 Å². The van der Waals surface area contributed by atoms with Crippen molar-refractivity contribution in [3.8, 4) is 23.7 Å². The first-order valence-corrected chi connectivity index (χ1v) is 7.27. The number of rotatable bonds is 9. The second-order valence-corrected chi connectivity index (χ2v) is 4.79. The van der Waals surface area contributed by atoms with E-state index in [1.807, 2.05) is 0 Å². The first-order chi connectivity index (χ1) is 9.61. The monoisotopic (exact) mass is 278 g/mol. The van der Waals surface area contributed by atoms with Crippen molar-refractivity contribution in [3.63, 3.8) is 0 Å². The first kappa shape index (κ1) is 18.7. The molecule has 0 radical (unpaired) electrons. The summed E-state index contributed by atoms with van der Waals surface area (Å²) in [4.78, 5) is 0. The lowest BCUT2D eigenvalue weighted by Gasteiger charge is -2.15. The lowest BCUT2D eigenvalue weighted by atomic mass is 10.0. The highest BCUT2D eigenvalue weighted by Gasteiger charge is 2.14. The molecule has 20 heavy (non-hydrogen) atoms. The fourth-order valence-corrected chi connectivity index (χ4v) is 1.65. The zero-order chi connectivity index (χ0) is 15.2. The maximum absolute atomic E-state index is 9.75. The van der Waals surface area contributed by atoms with Crippen LogP contribution in [0.1, 0.15) is 51.9 Å². The predicted molar refractivity (Wildman–Crippen MR) is 81.8 cm³/mol. The van der Waals surface area contributed by atoms with Crippen LogP contribution in [0.4, 0.5) is 0 Å². The molecule has 0 aliphatic heterocycles. The van der Waals surface area contributed by atoms with Crippen LogP contribution in [-0.4, -0.2) is 33.6 Å². The molecule has 0 fully saturated rings. The molecule has 0 saturated heterocycles. The molecule has 0 saturated carbocycles. The molecule has 3 N–H and O–H groups in total. The quantitative estimate of drug-likeness (QED) is 0.343. The van der Waals surface area contributed by atoms with Crippen LogP contribution in [-0.2, 0) is 0 Å². The van der Waals surface area contributed by atoms with Crippen molar-refractivity contribution in [2.75, 3.05) is 0 Å². The van der Waals surface area contributed by atoms with Crippen molar-refractivity contribution in [1.82, 2.24) is 0 Å². The number of aliphatic hydroxyl groups is 3. The summed E-state index contributed by atoms with van der Waals surface area (Å²) in [7, 11) is 0. The Bertz CT molecular complexity index is 367. The zero-order valence-electron chi connectivity index (χ0n) is 12.3. The summed E-state index contributed by atoms with van der Waals surface area (Å²) in [6.45, 7) is 5.55. The van der Waals surface area contributed by atoms with Crippen LogP contribution in [0.15, 0.2) is 12.7 Å². The Hall–Kier alpha value is -1.26. The van der Waals surface area contributed by atoms with E-state index in [1.54, 1.807) is 0 Å². The minimum Gasteiger partial charge on any atom is -0.390 e. The average molecular weight is 278 g/mol. The lowest BCUT2D eigenvalue weighted by molar-refractivity contribution is 0.0165. The molecule has 0 aromatic heterocycles. The van der Waals surface area contributed by atoms with Gasteiger partial charge in [-0.05, 0) is 18.3 Å². The Morgan fingerprint density at radius 3 is 2.35 bits per heavy atom. The van der Waals surface area contributed by atoms with E-state index in [-0.39, 0.29) is 6.42 Å². The van der Waals surface area contributed by atoms with E-state index in [4.69, 9.17) is 5.11 Å². The van der Waals surface area contributed by atoms with Gasteiger partial charge in [0.25, 0.3) is 0 Å². The molecule has 3 heteroatoms. The minimum absolute atomic E-state index is 0.189. The normalized spacial score (nSPS) is 14.2. The highest BCUT2D eigenvalue weighted by molar-refractivity contribution is 5.28. The highest BCUT2D eigenvalue weighted by Crippen LogP contribution is 2.10. The van der Waals surface area contributed by atoms with Crippen molar-refractivity contribution in [2.45, 2.75) is 70.2 Å². The summed E-state index contributed by atoms with van der Waals surface area (Å²) in [5.41, 5.74) is 0. The largest absolute Gasteiger partial charge is 0.390 e. The van der Waals surface area contributed by atoms with Gasteiger partial charge in [-0.15, -0.1) is 0 Å². The molecule has 0 rings (SSSR count). The number of unbranched alkanes of at least 4 members (excludes halogenated alkanes) is 4. The second-order valence-electron chi connectivity index (χ2n) is 4.79. The fraction of sp³-hybridized carbons (Fsp3) is 0.647. The SMILES string of the molecule is C=C[C@H](O)C#CC#CCC(O)C(O)CCCCCCC. The Morgan fingerprint density at radius 2 is 1.70 bits per heavy atom. The molecule has 112 valence electrons. The van der Waals surface area contributed by atoms with Crippen molar-refractivity contribution in [3.05, 3.63) is 12.7 Å². The van der Waals surface area contributed by atoms with E-state index in [0.29, 0.717) is 6.42 Å². The molecule has 0 aliphatic carbocycles. The van der Waals surface area contributed by atoms with Crippen LogP contribution in [0, 0.1) is 23.7 Å². The third-order valence-corrected chi connectivity index (χ3v) is 2.95. The van der Waals surface area contributed by atoms with Crippen LogP contribution in [0.2, 0.25) is 0 Å². The van der Waals surface area contributed by atoms with Gasteiger partial charge in [0.2, 0.25) is 0 Å². The summed E-state index contributed by atoms with van der Waals surface area (Å²) in [5, 5.41) is 28.5. The van der Waals surface area contributed by atoms with E-state index in [1.165, 1.54) is 25.3 Å². The summed E-state index contributed by atoms with van der Waals surface area (Å²) >= 11 is 0. The van der Waals surface area contributed by atoms with Gasteiger partial charge in [-0.3, -0.25) is 0 Å². The van der Waals surface area contributed by atoms with Crippen molar-refractivity contribution < 1.29 is 15.3 Å². The molecule has 0 amide bonds. The molecule has 0 aromatic carbocycles. The summed E-state index contributed by atoms with van der Waals surface area (Å²) in [6.07, 6.45) is 5.29. The van der Waals surface area contributed by atoms with Gasteiger partial charge in [-0.1, -0.05) is 63.5 Å². The van der Waals surface area contributed by atoms with Crippen molar-refractivity contribution >= 4 is 0 Å². The van der Waals surface area contributed by atoms with Gasteiger partial charge in [-0.2, -0.15) is 0 Å². The van der Waals surface area contributed by atoms with Gasteiger partial charge < -0.3 is 15.3 Å². The predicted octanol–water partition coefficient (Wildman–Crippen LogP) is 2.01. The number of hydrogen-bond donors (Lipinski definition) is 3. The van der Waals surface area contributed by atoms with Gasteiger partial charge in [0.1, 0.15) is 6.10 Å². The van der Waals surface area contributed by atoms with Gasteiger partial charge in [0.05, 0.1) is 12.2 Å². The summed E-state index contributed by atoms with van der Waals surface area (Å²) in [5.74, 6) is 10.1. The molecule has 0 spiro atoms. The number of aliphatic hydroxyl groups excluding tert-OH is 3. The molecule has 2 unspecified atom stereocenters. The molecule has 0 bridgehead atoms. The molecular weight excluding hydrogens is 252 g/mol. The Labute approximate surface area is 122 Å². The highest BCUT2D eigenvalue weighted by atomic mass is 16.3. The minimum atomic E-state index is -0.872. The van der Waals surface area contributed by atoms with E-state index in [9.17, 15) is 10.2 Å². The standard InChI is InChI=1S/C17H26O3/c1-3-5-6-7-10-13-16(19)17(20)14-11-8-9-12-15(18)4-2/h4,15-20H,2-3,5-7,10,13-14H2,1H3/t15-,16?,17?/m0/s1. The Balaban J connectivity index is 3.84.